The van der Waals surface area contributed by atoms with Gasteiger partial charge in [-0.3, -0.25) is 25.0 Å². The van der Waals surface area contributed by atoms with Gasteiger partial charge in [-0.05, 0) is 30.3 Å². The number of non-ortho nitro benzene ring substituents is 1. The Bertz CT molecular complexity index is 794. The van der Waals surface area contributed by atoms with Crippen molar-refractivity contribution in [1.82, 2.24) is 0 Å². The zero-order valence-electron chi connectivity index (χ0n) is 12.0. The van der Waals surface area contributed by atoms with Crippen molar-refractivity contribution in [2.24, 2.45) is 0 Å². The highest BCUT2D eigenvalue weighted by Crippen LogP contribution is 2.30. The van der Waals surface area contributed by atoms with Crippen LogP contribution in [0.1, 0.15) is 0 Å². The molecule has 0 radical (unpaired) electrons. The zero-order valence-corrected chi connectivity index (χ0v) is 12.7. The number of hydrogen-bond donors (Lipinski definition) is 1. The van der Waals surface area contributed by atoms with Crippen molar-refractivity contribution in [3.63, 3.8) is 0 Å². The summed E-state index contributed by atoms with van der Waals surface area (Å²) in [5.74, 6) is -0.790. The van der Waals surface area contributed by atoms with Gasteiger partial charge in [-0.25, -0.2) is 0 Å². The molecule has 10 heteroatoms. The molecule has 0 aliphatic rings. The molecule has 0 aliphatic heterocycles. The van der Waals surface area contributed by atoms with Gasteiger partial charge in [-0.1, -0.05) is 11.6 Å². The molecule has 24 heavy (non-hydrogen) atoms. The SMILES string of the molecule is O=C(COc1ccc([N+](=O)[O-])cc1[N+](=O)[O-])Nc1ccc(Cl)cc1. The molecule has 0 heterocycles. The number of nitrogens with zero attached hydrogens (tertiary/aromatic N) is 2. The van der Waals surface area contributed by atoms with Crippen LogP contribution < -0.4 is 10.1 Å². The Kier molecular flexibility index (Phi) is 5.27. The highest BCUT2D eigenvalue weighted by molar-refractivity contribution is 6.30. The number of ether oxygens (including phenoxy) is 1. The summed E-state index contributed by atoms with van der Waals surface area (Å²) in [7, 11) is 0. The molecule has 0 atom stereocenters. The van der Waals surface area contributed by atoms with E-state index >= 15 is 0 Å². The van der Waals surface area contributed by atoms with Crippen molar-refractivity contribution >= 4 is 34.6 Å². The highest BCUT2D eigenvalue weighted by atomic mass is 35.5. The van der Waals surface area contributed by atoms with Crippen molar-refractivity contribution in [2.75, 3.05) is 11.9 Å². The average Bonchev–Trinajstić information content (AvgIpc) is 2.54. The molecule has 2 aromatic carbocycles. The fraction of sp³-hybridized carbons (Fsp3) is 0.0714. The summed E-state index contributed by atoms with van der Waals surface area (Å²) in [4.78, 5) is 31.8. The molecule has 2 rings (SSSR count). The first-order valence-corrected chi connectivity index (χ1v) is 6.85. The Balaban J connectivity index is 2.05. The number of halogens is 1. The summed E-state index contributed by atoms with van der Waals surface area (Å²) in [6.45, 7) is -0.499. The second kappa shape index (κ2) is 7.38. The maximum Gasteiger partial charge on any atom is 0.317 e. The molecular weight excluding hydrogens is 342 g/mol. The van der Waals surface area contributed by atoms with Crippen LogP contribution in [0.5, 0.6) is 5.75 Å². The van der Waals surface area contributed by atoms with Crippen molar-refractivity contribution < 1.29 is 19.4 Å². The molecule has 0 aromatic heterocycles. The van der Waals surface area contributed by atoms with Crippen LogP contribution in [0.15, 0.2) is 42.5 Å². The van der Waals surface area contributed by atoms with E-state index in [1.165, 1.54) is 0 Å². The van der Waals surface area contributed by atoms with Crippen LogP contribution in [0.25, 0.3) is 0 Å². The van der Waals surface area contributed by atoms with E-state index < -0.39 is 33.7 Å². The maximum absolute atomic E-state index is 11.8. The molecule has 0 bridgehead atoms. The third kappa shape index (κ3) is 4.40. The Morgan fingerprint density at radius 3 is 2.33 bits per heavy atom. The minimum atomic E-state index is -0.820. The predicted molar refractivity (Wildman–Crippen MR) is 85.3 cm³/mol. The molecule has 0 spiro atoms. The molecule has 0 saturated heterocycles. The topological polar surface area (TPSA) is 125 Å². The summed E-state index contributed by atoms with van der Waals surface area (Å²) < 4.78 is 5.09. The van der Waals surface area contributed by atoms with Crippen LogP contribution in [0.2, 0.25) is 5.02 Å². The van der Waals surface area contributed by atoms with E-state index in [1.807, 2.05) is 0 Å². The number of nitrogens with one attached hydrogen (secondary N) is 1. The van der Waals surface area contributed by atoms with Gasteiger partial charge in [0.15, 0.2) is 12.4 Å². The molecule has 0 unspecified atom stereocenters. The lowest BCUT2D eigenvalue weighted by molar-refractivity contribution is -0.394. The third-order valence-electron chi connectivity index (χ3n) is 2.84. The van der Waals surface area contributed by atoms with E-state index in [-0.39, 0.29) is 5.75 Å². The molecule has 0 fully saturated rings. The van der Waals surface area contributed by atoms with E-state index in [0.717, 1.165) is 18.2 Å². The number of nitro benzene ring substituents is 2. The van der Waals surface area contributed by atoms with E-state index in [1.54, 1.807) is 24.3 Å². The van der Waals surface area contributed by atoms with Gasteiger partial charge in [0.1, 0.15) is 0 Å². The third-order valence-corrected chi connectivity index (χ3v) is 3.09. The standard InChI is InChI=1S/C14H10ClN3O6/c15-9-1-3-10(4-2-9)16-14(19)8-24-13-6-5-11(17(20)21)7-12(13)18(22)23/h1-7H,8H2,(H,16,19). The van der Waals surface area contributed by atoms with Crippen LogP contribution in [0.4, 0.5) is 17.1 Å². The maximum atomic E-state index is 11.8. The lowest BCUT2D eigenvalue weighted by Gasteiger charge is -2.08. The monoisotopic (exact) mass is 351 g/mol. The Morgan fingerprint density at radius 2 is 1.75 bits per heavy atom. The minimum Gasteiger partial charge on any atom is -0.477 e. The highest BCUT2D eigenvalue weighted by Gasteiger charge is 2.21. The van der Waals surface area contributed by atoms with Crippen LogP contribution >= 0.6 is 11.6 Å². The van der Waals surface area contributed by atoms with Gasteiger partial charge < -0.3 is 10.1 Å². The quantitative estimate of drug-likeness (QED) is 0.629. The largest absolute Gasteiger partial charge is 0.477 e. The number of rotatable bonds is 6. The lowest BCUT2D eigenvalue weighted by Crippen LogP contribution is -2.20. The van der Waals surface area contributed by atoms with Crippen molar-refractivity contribution in [1.29, 1.82) is 0 Å². The number of hydrogen-bond acceptors (Lipinski definition) is 6. The molecule has 124 valence electrons. The molecule has 1 amide bonds. The Labute approximate surface area is 140 Å². The van der Waals surface area contributed by atoms with Gasteiger partial charge in [-0.2, -0.15) is 0 Å². The van der Waals surface area contributed by atoms with Crippen molar-refractivity contribution in [3.05, 3.63) is 67.7 Å². The molecular formula is C14H10ClN3O6. The average molecular weight is 352 g/mol. The smallest absolute Gasteiger partial charge is 0.317 e. The van der Waals surface area contributed by atoms with Gasteiger partial charge in [0.25, 0.3) is 11.6 Å². The Morgan fingerprint density at radius 1 is 1.08 bits per heavy atom. The normalized spacial score (nSPS) is 10.0. The number of benzene rings is 2. The van der Waals surface area contributed by atoms with Crippen LogP contribution in [-0.2, 0) is 4.79 Å². The second-order valence-corrected chi connectivity index (χ2v) is 4.95. The fourth-order valence-electron chi connectivity index (χ4n) is 1.76. The summed E-state index contributed by atoms with van der Waals surface area (Å²) in [6.07, 6.45) is 0. The molecule has 1 N–H and O–H groups in total. The number of amides is 1. The number of anilines is 1. The van der Waals surface area contributed by atoms with Gasteiger partial charge in [-0.15, -0.1) is 0 Å². The number of nitro groups is 2. The van der Waals surface area contributed by atoms with Gasteiger partial charge >= 0.3 is 5.69 Å². The predicted octanol–water partition coefficient (Wildman–Crippen LogP) is 3.17. The lowest BCUT2D eigenvalue weighted by atomic mass is 10.2. The van der Waals surface area contributed by atoms with Crippen molar-refractivity contribution in [2.45, 2.75) is 0 Å². The minimum absolute atomic E-state index is 0.239. The van der Waals surface area contributed by atoms with Crippen LogP contribution in [0, 0.1) is 20.2 Å². The van der Waals surface area contributed by atoms with E-state index in [4.69, 9.17) is 16.3 Å². The molecule has 0 aliphatic carbocycles. The zero-order chi connectivity index (χ0) is 17.7. The van der Waals surface area contributed by atoms with Crippen LogP contribution in [0.3, 0.4) is 0 Å². The number of carbonyl (C=O) groups excluding carboxylic acids is 1. The Hall–Kier alpha value is -3.20. The van der Waals surface area contributed by atoms with E-state index in [2.05, 4.69) is 5.32 Å². The first-order valence-electron chi connectivity index (χ1n) is 6.48. The molecule has 0 saturated carbocycles. The first kappa shape index (κ1) is 17.2. The van der Waals surface area contributed by atoms with Crippen LogP contribution in [-0.4, -0.2) is 22.4 Å². The first-order chi connectivity index (χ1) is 11.4. The molecule has 9 nitrogen and oxygen atoms in total. The second-order valence-electron chi connectivity index (χ2n) is 4.51. The van der Waals surface area contributed by atoms with Gasteiger partial charge in [0, 0.05) is 16.8 Å². The summed E-state index contributed by atoms with van der Waals surface area (Å²) >= 11 is 5.72. The fourth-order valence-corrected chi connectivity index (χ4v) is 1.88. The molecule has 2 aromatic rings. The summed E-state index contributed by atoms with van der Waals surface area (Å²) in [6, 6.07) is 9.22. The number of carbonyl (C=O) groups is 1. The van der Waals surface area contributed by atoms with E-state index in [9.17, 15) is 25.0 Å². The van der Waals surface area contributed by atoms with Crippen molar-refractivity contribution in [3.8, 4) is 5.75 Å². The van der Waals surface area contributed by atoms with Gasteiger partial charge in [0.05, 0.1) is 15.9 Å². The van der Waals surface area contributed by atoms with E-state index in [0.29, 0.717) is 10.7 Å². The summed E-state index contributed by atoms with van der Waals surface area (Å²) in [5.41, 5.74) is -0.561. The van der Waals surface area contributed by atoms with Gasteiger partial charge in [0.2, 0.25) is 0 Å². The summed E-state index contributed by atoms with van der Waals surface area (Å²) in [5, 5.41) is 24.6.